The lowest BCUT2D eigenvalue weighted by molar-refractivity contribution is -0.122. The van der Waals surface area contributed by atoms with Gasteiger partial charge in [0.05, 0.1) is 39.2 Å². The molecule has 0 radical (unpaired) electrons. The van der Waals surface area contributed by atoms with Crippen molar-refractivity contribution < 1.29 is 23.9 Å². The van der Waals surface area contributed by atoms with Crippen molar-refractivity contribution in [1.82, 2.24) is 4.98 Å². The van der Waals surface area contributed by atoms with E-state index in [0.717, 1.165) is 5.56 Å². The van der Waals surface area contributed by atoms with Crippen LogP contribution in [-0.4, -0.2) is 44.8 Å². The highest BCUT2D eigenvalue weighted by atomic mass is 79.9. The molecule has 0 spiro atoms. The molecule has 0 N–H and O–H groups in total. The number of halogens is 2. The number of pyridine rings is 1. The topological polar surface area (TPSA) is 93.6 Å². The first kappa shape index (κ1) is 27.9. The molecule has 6 rings (SSSR count). The Hall–Kier alpha value is -3.21. The molecule has 2 aromatic carbocycles. The first-order valence-electron chi connectivity index (χ1n) is 13.1. The van der Waals surface area contributed by atoms with E-state index in [9.17, 15) is 19.2 Å². The molecule has 7 nitrogen and oxygen atoms in total. The number of anilines is 1. The molecule has 2 amide bonds. The van der Waals surface area contributed by atoms with E-state index in [4.69, 9.17) is 9.72 Å². The third-order valence-electron chi connectivity index (χ3n) is 7.72. The molecule has 1 saturated carbocycles. The van der Waals surface area contributed by atoms with Crippen LogP contribution in [0.4, 0.5) is 5.69 Å². The van der Waals surface area contributed by atoms with E-state index in [2.05, 4.69) is 31.9 Å². The van der Waals surface area contributed by atoms with Crippen LogP contribution in [0.2, 0.25) is 0 Å². The van der Waals surface area contributed by atoms with Crippen LogP contribution in [0.3, 0.4) is 0 Å². The number of para-hydroxylation sites is 1. The van der Waals surface area contributed by atoms with Gasteiger partial charge in [-0.3, -0.25) is 19.3 Å². The lowest BCUT2D eigenvalue weighted by atomic mass is 9.81. The lowest BCUT2D eigenvalue weighted by Gasteiger charge is -2.29. The molecule has 3 heterocycles. The molecule has 4 atom stereocenters. The molecule has 2 aromatic heterocycles. The van der Waals surface area contributed by atoms with Gasteiger partial charge in [0.25, 0.3) is 0 Å². The third kappa shape index (κ3) is 5.17. The number of amides is 2. The Morgan fingerprint density at radius 1 is 0.976 bits per heavy atom. The fraction of sp³-hybridized carbons (Fsp3) is 0.258. The number of esters is 1. The fourth-order valence-electron chi connectivity index (χ4n) is 5.56. The molecule has 1 aliphatic heterocycles. The quantitative estimate of drug-likeness (QED) is 0.0961. The van der Waals surface area contributed by atoms with Crippen LogP contribution in [0.5, 0.6) is 0 Å². The van der Waals surface area contributed by atoms with Crippen LogP contribution in [0, 0.1) is 18.8 Å². The summed E-state index contributed by atoms with van der Waals surface area (Å²) in [5, 5.41) is 2.43. The van der Waals surface area contributed by atoms with Gasteiger partial charge in [0, 0.05) is 20.6 Å². The monoisotopic (exact) mass is 694 g/mol. The van der Waals surface area contributed by atoms with E-state index >= 15 is 0 Å². The minimum absolute atomic E-state index is 0.139. The Labute approximate surface area is 257 Å². The number of fused-ring (bicyclic) bond motifs is 2. The first-order valence-corrected chi connectivity index (χ1v) is 15.8. The van der Waals surface area contributed by atoms with Gasteiger partial charge in [0.2, 0.25) is 17.6 Å². The number of hydrogen-bond acceptors (Lipinski definition) is 7. The first-order chi connectivity index (χ1) is 19.7. The molecule has 1 aliphatic carbocycles. The maximum Gasteiger partial charge on any atom is 0.339 e. The van der Waals surface area contributed by atoms with E-state index in [0.29, 0.717) is 51.1 Å². The number of Topliss-reactive ketones (excluding diaryl/α,β-unsaturated/α-hetero) is 1. The third-order valence-corrected chi connectivity index (χ3v) is 11.4. The number of ketones is 1. The Balaban J connectivity index is 1.29. The van der Waals surface area contributed by atoms with E-state index in [1.807, 2.05) is 19.1 Å². The number of thiophene rings is 1. The average Bonchev–Trinajstić information content (AvgIpc) is 3.59. The van der Waals surface area contributed by atoms with Crippen molar-refractivity contribution in [2.24, 2.45) is 11.8 Å². The van der Waals surface area contributed by atoms with Crippen LogP contribution >= 0.6 is 43.2 Å². The minimum Gasteiger partial charge on any atom is -0.454 e. The average molecular weight is 696 g/mol. The van der Waals surface area contributed by atoms with Crippen molar-refractivity contribution in [1.29, 1.82) is 0 Å². The van der Waals surface area contributed by atoms with Gasteiger partial charge < -0.3 is 4.74 Å². The fourth-order valence-corrected chi connectivity index (χ4v) is 7.45. The predicted octanol–water partition coefficient (Wildman–Crippen LogP) is 6.74. The number of carbonyl (C=O) groups is 4. The summed E-state index contributed by atoms with van der Waals surface area (Å²) < 4.78 is 5.43. The van der Waals surface area contributed by atoms with Crippen molar-refractivity contribution in [2.45, 2.75) is 29.4 Å². The highest BCUT2D eigenvalue weighted by molar-refractivity contribution is 9.12. The van der Waals surface area contributed by atoms with E-state index < -0.39 is 5.97 Å². The maximum atomic E-state index is 13.2. The summed E-state index contributed by atoms with van der Waals surface area (Å²) in [6.45, 7) is 1.56. The van der Waals surface area contributed by atoms with Crippen LogP contribution in [0.15, 0.2) is 66.0 Å². The molecule has 1 saturated heterocycles. The molecule has 2 fully saturated rings. The summed E-state index contributed by atoms with van der Waals surface area (Å²) >= 11 is 8.55. The second-order valence-corrected chi connectivity index (χ2v) is 13.6. The van der Waals surface area contributed by atoms with Crippen molar-refractivity contribution in [3.8, 4) is 11.3 Å². The molecule has 4 unspecified atom stereocenters. The van der Waals surface area contributed by atoms with Gasteiger partial charge in [-0.1, -0.05) is 68.3 Å². The van der Waals surface area contributed by atoms with Crippen molar-refractivity contribution in [3.05, 3.63) is 82.0 Å². The Bertz CT molecular complexity index is 1660. The van der Waals surface area contributed by atoms with Crippen molar-refractivity contribution in [3.63, 3.8) is 0 Å². The van der Waals surface area contributed by atoms with Gasteiger partial charge in [-0.05, 0) is 55.0 Å². The number of ether oxygens (including phenoxy) is 1. The van der Waals surface area contributed by atoms with Gasteiger partial charge >= 0.3 is 5.97 Å². The highest BCUT2D eigenvalue weighted by Crippen LogP contribution is 2.44. The van der Waals surface area contributed by atoms with Crippen LogP contribution in [0.1, 0.15) is 38.4 Å². The number of alkyl halides is 2. The smallest absolute Gasteiger partial charge is 0.339 e. The number of aryl methyl sites for hydroxylation is 1. The molecule has 208 valence electrons. The van der Waals surface area contributed by atoms with E-state index in [1.54, 1.807) is 53.9 Å². The normalized spacial score (nSPS) is 22.2. The summed E-state index contributed by atoms with van der Waals surface area (Å²) in [5.74, 6) is -1.87. The summed E-state index contributed by atoms with van der Waals surface area (Å²) in [6, 6.07) is 17.7. The molecular formula is C31H24Br2N2O5S. The number of hydrogen-bond donors (Lipinski definition) is 0. The van der Waals surface area contributed by atoms with Gasteiger partial charge in [0.1, 0.15) is 0 Å². The molecule has 0 bridgehead atoms. The summed E-state index contributed by atoms with van der Waals surface area (Å²) in [7, 11) is 0. The van der Waals surface area contributed by atoms with Crippen LogP contribution in [0.25, 0.3) is 22.2 Å². The van der Waals surface area contributed by atoms with Gasteiger partial charge in [-0.25, -0.2) is 9.78 Å². The van der Waals surface area contributed by atoms with Crippen LogP contribution < -0.4 is 4.90 Å². The second kappa shape index (κ2) is 11.2. The molecule has 10 heteroatoms. The lowest BCUT2D eigenvalue weighted by Crippen LogP contribution is -2.34. The van der Waals surface area contributed by atoms with E-state index in [-0.39, 0.29) is 45.7 Å². The van der Waals surface area contributed by atoms with Gasteiger partial charge in [-0.2, -0.15) is 0 Å². The Morgan fingerprint density at radius 3 is 2.29 bits per heavy atom. The van der Waals surface area contributed by atoms with Crippen molar-refractivity contribution >= 4 is 83.4 Å². The summed E-state index contributed by atoms with van der Waals surface area (Å²) in [6.07, 6.45) is 1.22. The molecular weight excluding hydrogens is 672 g/mol. The summed E-state index contributed by atoms with van der Waals surface area (Å²) in [4.78, 5) is 59.0. The maximum absolute atomic E-state index is 13.2. The Morgan fingerprint density at radius 2 is 1.66 bits per heavy atom. The molecule has 2 aliphatic rings. The van der Waals surface area contributed by atoms with Gasteiger partial charge in [-0.15, -0.1) is 11.3 Å². The highest BCUT2D eigenvalue weighted by Gasteiger charge is 2.52. The van der Waals surface area contributed by atoms with E-state index in [1.165, 1.54) is 16.2 Å². The summed E-state index contributed by atoms with van der Waals surface area (Å²) in [5.41, 5.74) is 3.59. The number of nitrogens with zero attached hydrogens (tertiary/aromatic N) is 2. The van der Waals surface area contributed by atoms with Gasteiger partial charge in [0.15, 0.2) is 6.61 Å². The zero-order valence-electron chi connectivity index (χ0n) is 21.9. The van der Waals surface area contributed by atoms with Crippen LogP contribution in [-0.2, 0) is 14.3 Å². The zero-order chi connectivity index (χ0) is 28.8. The number of carbonyl (C=O) groups excluding carboxylic acids is 4. The van der Waals surface area contributed by atoms with Crippen molar-refractivity contribution in [2.75, 3.05) is 11.5 Å². The largest absolute Gasteiger partial charge is 0.454 e. The number of imide groups is 1. The number of aromatic nitrogens is 1. The molecule has 4 aromatic rings. The standard InChI is InChI=1S/C31H24Br2N2O5S/c1-16-4-2-5-19-22(31(39)40-15-26(36)27-6-3-11-41-27)14-25(34-28(16)19)17-7-9-18(10-8-17)35-29(37)20-12-23(32)24(33)13-21(20)30(35)38/h2-11,14,20-21,23-24H,12-13,15H2,1H3. The Kier molecular flexibility index (Phi) is 7.65. The SMILES string of the molecule is Cc1cccc2c(C(=O)OCC(=O)c3cccs3)cc(-c3ccc(N4C(=O)C5CC(Br)C(Br)CC5C4=O)cc3)nc12. The minimum atomic E-state index is -0.614. The zero-order valence-corrected chi connectivity index (χ0v) is 25.9. The molecule has 41 heavy (non-hydrogen) atoms. The predicted molar refractivity (Wildman–Crippen MR) is 165 cm³/mol. The number of benzene rings is 2. The number of rotatable bonds is 6. The second-order valence-electron chi connectivity index (χ2n) is 10.3.